The van der Waals surface area contributed by atoms with E-state index in [0.29, 0.717) is 18.3 Å². The molecular formula is C17H23ClN6O. The lowest BCUT2D eigenvalue weighted by Crippen LogP contribution is -2.52. The van der Waals surface area contributed by atoms with Gasteiger partial charge in [-0.2, -0.15) is 4.98 Å². The average Bonchev–Trinajstić information content (AvgIpc) is 3.05. The second-order valence-corrected chi connectivity index (χ2v) is 6.24. The van der Waals surface area contributed by atoms with Crippen molar-refractivity contribution in [2.75, 3.05) is 37.6 Å². The van der Waals surface area contributed by atoms with Gasteiger partial charge in [-0.05, 0) is 26.0 Å². The third-order valence-electron chi connectivity index (χ3n) is 4.04. The molecule has 0 atom stereocenters. The van der Waals surface area contributed by atoms with Crippen LogP contribution in [0.15, 0.2) is 33.8 Å². The maximum atomic E-state index is 6.31. The topological polar surface area (TPSA) is 69.8 Å². The van der Waals surface area contributed by atoms with Crippen molar-refractivity contribution in [3.63, 3.8) is 0 Å². The van der Waals surface area contributed by atoms with Crippen LogP contribution in [0.4, 0.5) is 5.69 Å². The van der Waals surface area contributed by atoms with E-state index in [4.69, 9.17) is 16.1 Å². The highest BCUT2D eigenvalue weighted by molar-refractivity contribution is 6.33. The molecule has 1 saturated heterocycles. The molecule has 0 amide bonds. The van der Waals surface area contributed by atoms with Gasteiger partial charge in [0.05, 0.1) is 10.7 Å². The quantitative estimate of drug-likeness (QED) is 0.665. The molecule has 0 spiro atoms. The predicted octanol–water partition coefficient (Wildman–Crippen LogP) is 2.32. The lowest BCUT2D eigenvalue weighted by atomic mass is 10.2. The highest BCUT2D eigenvalue weighted by Crippen LogP contribution is 2.26. The van der Waals surface area contributed by atoms with Crippen molar-refractivity contribution in [1.29, 1.82) is 0 Å². The molecule has 1 aliphatic heterocycles. The molecule has 0 saturated carbocycles. The van der Waals surface area contributed by atoms with Crippen molar-refractivity contribution in [3.8, 4) is 0 Å². The number of benzene rings is 1. The molecule has 134 valence electrons. The van der Waals surface area contributed by atoms with Gasteiger partial charge < -0.3 is 19.6 Å². The van der Waals surface area contributed by atoms with Gasteiger partial charge in [-0.15, -0.1) is 0 Å². The Balaban J connectivity index is 1.63. The van der Waals surface area contributed by atoms with Crippen LogP contribution >= 0.6 is 11.6 Å². The van der Waals surface area contributed by atoms with Gasteiger partial charge in [0.2, 0.25) is 5.89 Å². The maximum Gasteiger partial charge on any atom is 0.248 e. The lowest BCUT2D eigenvalue weighted by Gasteiger charge is -2.38. The number of aliphatic imine (C=N–C) groups is 1. The minimum absolute atomic E-state index is 0.383. The summed E-state index contributed by atoms with van der Waals surface area (Å²) in [5.41, 5.74) is 1.09. The summed E-state index contributed by atoms with van der Waals surface area (Å²) < 4.78 is 5.13. The maximum absolute atomic E-state index is 6.31. The lowest BCUT2D eigenvalue weighted by molar-refractivity contribution is 0.363. The molecule has 2 aromatic rings. The predicted molar refractivity (Wildman–Crippen MR) is 99.1 cm³/mol. The summed E-state index contributed by atoms with van der Waals surface area (Å²) >= 11 is 6.31. The van der Waals surface area contributed by atoms with Gasteiger partial charge in [-0.25, -0.2) is 4.99 Å². The normalized spacial score (nSPS) is 15.6. The van der Waals surface area contributed by atoms with E-state index in [9.17, 15) is 0 Å². The zero-order valence-electron chi connectivity index (χ0n) is 14.6. The number of nitrogens with one attached hydrogen (secondary N) is 1. The van der Waals surface area contributed by atoms with Gasteiger partial charge in [0.25, 0.3) is 0 Å². The number of halogens is 1. The van der Waals surface area contributed by atoms with E-state index in [-0.39, 0.29) is 0 Å². The van der Waals surface area contributed by atoms with Gasteiger partial charge in [-0.1, -0.05) is 28.9 Å². The molecule has 0 radical (unpaired) electrons. The number of aryl methyl sites for hydroxylation is 1. The van der Waals surface area contributed by atoms with Crippen LogP contribution in [0.3, 0.4) is 0 Å². The largest absolute Gasteiger partial charge is 0.367 e. The smallest absolute Gasteiger partial charge is 0.248 e. The van der Waals surface area contributed by atoms with E-state index in [2.05, 4.69) is 43.2 Å². The number of piperazine rings is 1. The Morgan fingerprint density at radius 1 is 1.28 bits per heavy atom. The Kier molecular flexibility index (Phi) is 5.75. The number of hydrogen-bond donors (Lipinski definition) is 1. The number of anilines is 1. The fraction of sp³-hybridized carbons (Fsp3) is 0.471. The molecule has 1 aliphatic rings. The molecule has 1 aromatic carbocycles. The number of hydrogen-bond acceptors (Lipinski definition) is 5. The van der Waals surface area contributed by atoms with Crippen LogP contribution in [0.1, 0.15) is 18.6 Å². The highest BCUT2D eigenvalue weighted by Gasteiger charge is 2.21. The summed E-state index contributed by atoms with van der Waals surface area (Å²) in [6.07, 6.45) is 0. The monoisotopic (exact) mass is 362 g/mol. The highest BCUT2D eigenvalue weighted by atomic mass is 35.5. The molecular weight excluding hydrogens is 340 g/mol. The molecule has 25 heavy (non-hydrogen) atoms. The summed E-state index contributed by atoms with van der Waals surface area (Å²) in [6, 6.07) is 7.97. The molecule has 1 fully saturated rings. The first-order valence-electron chi connectivity index (χ1n) is 8.49. The molecule has 7 nitrogen and oxygen atoms in total. The average molecular weight is 363 g/mol. The number of aromatic nitrogens is 2. The third-order valence-corrected chi connectivity index (χ3v) is 4.36. The second kappa shape index (κ2) is 8.20. The van der Waals surface area contributed by atoms with Gasteiger partial charge in [0.15, 0.2) is 11.8 Å². The SMILES string of the molecule is CCNC(=NCc1nc(C)no1)N1CCN(c2ccccc2Cl)CC1. The molecule has 2 heterocycles. The zero-order valence-corrected chi connectivity index (χ0v) is 15.3. The number of para-hydroxylation sites is 1. The number of nitrogens with zero attached hydrogens (tertiary/aromatic N) is 5. The van der Waals surface area contributed by atoms with E-state index in [1.54, 1.807) is 6.92 Å². The van der Waals surface area contributed by atoms with Crippen LogP contribution in [0, 0.1) is 6.92 Å². The first-order chi connectivity index (χ1) is 12.2. The number of guanidine groups is 1. The standard InChI is InChI=1S/C17H23ClN6O/c1-3-19-17(20-12-16-21-13(2)22-25-16)24-10-8-23(9-11-24)15-7-5-4-6-14(15)18/h4-7H,3,8-12H2,1-2H3,(H,19,20). The fourth-order valence-corrected chi connectivity index (χ4v) is 3.10. The summed E-state index contributed by atoms with van der Waals surface area (Å²) in [7, 11) is 0. The van der Waals surface area contributed by atoms with E-state index >= 15 is 0 Å². The van der Waals surface area contributed by atoms with Gasteiger partial charge in [0.1, 0.15) is 6.54 Å². The van der Waals surface area contributed by atoms with Gasteiger partial charge in [0, 0.05) is 32.7 Å². The van der Waals surface area contributed by atoms with Crippen molar-refractivity contribution >= 4 is 23.2 Å². The Hall–Kier alpha value is -2.28. The van der Waals surface area contributed by atoms with Gasteiger partial charge in [-0.3, -0.25) is 0 Å². The van der Waals surface area contributed by atoms with Gasteiger partial charge >= 0.3 is 0 Å². The molecule has 1 aromatic heterocycles. The van der Waals surface area contributed by atoms with Crippen molar-refractivity contribution in [1.82, 2.24) is 20.4 Å². The Morgan fingerprint density at radius 3 is 2.68 bits per heavy atom. The van der Waals surface area contributed by atoms with Crippen molar-refractivity contribution < 1.29 is 4.52 Å². The first-order valence-corrected chi connectivity index (χ1v) is 8.87. The van der Waals surface area contributed by atoms with Crippen LogP contribution < -0.4 is 10.2 Å². The molecule has 0 bridgehead atoms. The fourth-order valence-electron chi connectivity index (χ4n) is 2.84. The molecule has 8 heteroatoms. The van der Waals surface area contributed by atoms with Crippen molar-refractivity contribution in [2.24, 2.45) is 4.99 Å². The Bertz CT molecular complexity index is 723. The molecule has 0 unspecified atom stereocenters. The minimum Gasteiger partial charge on any atom is -0.367 e. The molecule has 0 aliphatic carbocycles. The Labute approximate surface area is 152 Å². The van der Waals surface area contributed by atoms with E-state index in [1.807, 2.05) is 18.2 Å². The van der Waals surface area contributed by atoms with Crippen LogP contribution in [0.5, 0.6) is 0 Å². The molecule has 3 rings (SSSR count). The summed E-state index contributed by atoms with van der Waals surface area (Å²) in [5, 5.41) is 7.93. The van der Waals surface area contributed by atoms with Crippen LogP contribution in [0.2, 0.25) is 5.02 Å². The van der Waals surface area contributed by atoms with E-state index in [1.165, 1.54) is 0 Å². The minimum atomic E-state index is 0.383. The van der Waals surface area contributed by atoms with Crippen LogP contribution in [-0.4, -0.2) is 53.7 Å². The summed E-state index contributed by atoms with van der Waals surface area (Å²) in [4.78, 5) is 13.4. The third kappa shape index (κ3) is 4.42. The summed E-state index contributed by atoms with van der Waals surface area (Å²) in [6.45, 7) is 8.60. The molecule has 1 N–H and O–H groups in total. The first kappa shape index (κ1) is 17.5. The summed E-state index contributed by atoms with van der Waals surface area (Å²) in [5.74, 6) is 2.03. The van der Waals surface area contributed by atoms with E-state index in [0.717, 1.165) is 49.4 Å². The number of rotatable bonds is 4. The van der Waals surface area contributed by atoms with Crippen molar-refractivity contribution in [2.45, 2.75) is 20.4 Å². The Morgan fingerprint density at radius 2 is 2.04 bits per heavy atom. The van der Waals surface area contributed by atoms with Crippen molar-refractivity contribution in [3.05, 3.63) is 41.0 Å². The van der Waals surface area contributed by atoms with E-state index < -0.39 is 0 Å². The van der Waals surface area contributed by atoms with Crippen LogP contribution in [0.25, 0.3) is 0 Å². The zero-order chi connectivity index (χ0) is 17.6. The van der Waals surface area contributed by atoms with Crippen LogP contribution in [-0.2, 0) is 6.54 Å². The second-order valence-electron chi connectivity index (χ2n) is 5.83.